The van der Waals surface area contributed by atoms with E-state index in [2.05, 4.69) is 43.4 Å². The van der Waals surface area contributed by atoms with Gasteiger partial charge in [0.1, 0.15) is 0 Å². The zero-order chi connectivity index (χ0) is 13.5. The van der Waals surface area contributed by atoms with Gasteiger partial charge >= 0.3 is 5.97 Å². The number of carbonyl (C=O) groups is 1. The lowest BCUT2D eigenvalue weighted by Crippen LogP contribution is -1.99. The lowest BCUT2D eigenvalue weighted by molar-refractivity contribution is -0.141. The van der Waals surface area contributed by atoms with Crippen molar-refractivity contribution >= 4 is 5.97 Å². The highest BCUT2D eigenvalue weighted by atomic mass is 16.5. The first-order chi connectivity index (χ1) is 8.77. The molecule has 2 nitrogen and oxygen atoms in total. The molecule has 0 N–H and O–H groups in total. The van der Waals surface area contributed by atoms with Crippen molar-refractivity contribution in [2.45, 2.75) is 52.4 Å². The summed E-state index contributed by atoms with van der Waals surface area (Å²) in [5.74, 6) is -0.187. The van der Waals surface area contributed by atoms with E-state index in [0.717, 1.165) is 38.5 Å². The van der Waals surface area contributed by atoms with Crippen molar-refractivity contribution < 1.29 is 9.53 Å². The number of hydrogen-bond donors (Lipinski definition) is 0. The fourth-order valence-corrected chi connectivity index (χ4v) is 1.41. The third-order valence-corrected chi connectivity index (χ3v) is 2.35. The van der Waals surface area contributed by atoms with E-state index in [-0.39, 0.29) is 5.97 Å². The highest BCUT2D eigenvalue weighted by Crippen LogP contribution is 1.99. The summed E-state index contributed by atoms with van der Waals surface area (Å²) in [6, 6.07) is 0. The third kappa shape index (κ3) is 14.7. The van der Waals surface area contributed by atoms with Gasteiger partial charge in [-0.15, -0.1) is 0 Å². The van der Waals surface area contributed by atoms with E-state index in [0.29, 0.717) is 6.61 Å². The molecule has 0 aliphatic heterocycles. The Hall–Kier alpha value is -1.31. The van der Waals surface area contributed by atoms with Crippen molar-refractivity contribution in [2.24, 2.45) is 0 Å². The highest BCUT2D eigenvalue weighted by Gasteiger charge is 1.91. The number of rotatable bonds is 10. The maximum absolute atomic E-state index is 10.5. The summed E-state index contributed by atoms with van der Waals surface area (Å²) < 4.78 is 4.85. The van der Waals surface area contributed by atoms with E-state index in [1.807, 2.05) is 0 Å². The van der Waals surface area contributed by atoms with Crippen molar-refractivity contribution in [3.05, 3.63) is 36.5 Å². The Morgan fingerprint density at radius 3 is 2.17 bits per heavy atom. The van der Waals surface area contributed by atoms with Gasteiger partial charge in [0, 0.05) is 6.92 Å². The van der Waals surface area contributed by atoms with Gasteiger partial charge in [0.2, 0.25) is 0 Å². The first-order valence-corrected chi connectivity index (χ1v) is 6.85. The van der Waals surface area contributed by atoms with Gasteiger partial charge in [-0.05, 0) is 38.5 Å². The number of carbonyl (C=O) groups excluding carboxylic acids is 1. The Labute approximate surface area is 111 Å². The Bertz CT molecular complexity index is 275. The molecule has 0 unspecified atom stereocenters. The number of hydrogen-bond acceptors (Lipinski definition) is 2. The summed E-state index contributed by atoms with van der Waals surface area (Å²) in [7, 11) is 0. The SMILES string of the molecule is CC/C=C/C/C=C/C/C=C/CCCCOC(C)=O. The van der Waals surface area contributed by atoms with Crippen LogP contribution in [0.3, 0.4) is 0 Å². The van der Waals surface area contributed by atoms with Crippen molar-refractivity contribution in [1.82, 2.24) is 0 Å². The smallest absolute Gasteiger partial charge is 0.302 e. The molecular formula is C16H26O2. The summed E-state index contributed by atoms with van der Waals surface area (Å²) in [4.78, 5) is 10.5. The average molecular weight is 250 g/mol. The maximum atomic E-state index is 10.5. The molecule has 0 aliphatic carbocycles. The quantitative estimate of drug-likeness (QED) is 0.322. The van der Waals surface area contributed by atoms with Crippen LogP contribution >= 0.6 is 0 Å². The molecule has 18 heavy (non-hydrogen) atoms. The molecule has 0 atom stereocenters. The predicted molar refractivity (Wildman–Crippen MR) is 77.4 cm³/mol. The molecule has 0 heterocycles. The van der Waals surface area contributed by atoms with Gasteiger partial charge in [-0.2, -0.15) is 0 Å². The molecule has 0 spiro atoms. The van der Waals surface area contributed by atoms with Crippen molar-refractivity contribution in [3.8, 4) is 0 Å². The summed E-state index contributed by atoms with van der Waals surface area (Å²) >= 11 is 0. The van der Waals surface area contributed by atoms with Crippen LogP contribution in [0.4, 0.5) is 0 Å². The van der Waals surface area contributed by atoms with Crippen LogP contribution in [0.5, 0.6) is 0 Å². The van der Waals surface area contributed by atoms with Crippen LogP contribution in [-0.4, -0.2) is 12.6 Å². The number of ether oxygens (including phenoxy) is 1. The molecule has 0 aromatic rings. The van der Waals surface area contributed by atoms with Crippen LogP contribution < -0.4 is 0 Å². The topological polar surface area (TPSA) is 26.3 Å². The molecule has 0 bridgehead atoms. The van der Waals surface area contributed by atoms with Crippen LogP contribution in [-0.2, 0) is 9.53 Å². The number of esters is 1. The molecular weight excluding hydrogens is 224 g/mol. The molecule has 0 radical (unpaired) electrons. The molecule has 0 aromatic heterocycles. The Morgan fingerprint density at radius 2 is 1.56 bits per heavy atom. The second-order valence-corrected chi connectivity index (χ2v) is 4.13. The molecule has 0 saturated carbocycles. The van der Waals surface area contributed by atoms with E-state index >= 15 is 0 Å². The summed E-state index contributed by atoms with van der Waals surface area (Å²) in [5, 5.41) is 0. The lowest BCUT2D eigenvalue weighted by Gasteiger charge is -1.99. The lowest BCUT2D eigenvalue weighted by atomic mass is 10.2. The van der Waals surface area contributed by atoms with Crippen LogP contribution in [0.1, 0.15) is 52.4 Å². The van der Waals surface area contributed by atoms with E-state index in [4.69, 9.17) is 4.74 Å². The second kappa shape index (κ2) is 13.8. The minimum atomic E-state index is -0.187. The second-order valence-electron chi connectivity index (χ2n) is 4.13. The Balaban J connectivity index is 3.27. The fraction of sp³-hybridized carbons (Fsp3) is 0.562. The Kier molecular flexibility index (Phi) is 12.8. The molecule has 0 saturated heterocycles. The molecule has 102 valence electrons. The Morgan fingerprint density at radius 1 is 0.944 bits per heavy atom. The normalized spacial score (nSPS) is 11.9. The third-order valence-electron chi connectivity index (χ3n) is 2.35. The standard InChI is InChI=1S/C16H26O2/c1-3-4-5-6-7-8-9-10-11-12-13-14-15-18-16(2)17/h4-5,7-8,10-11H,3,6,9,12-15H2,1-2H3/b5-4+,8-7+,11-10+. The van der Waals surface area contributed by atoms with Crippen LogP contribution in [0, 0.1) is 0 Å². The highest BCUT2D eigenvalue weighted by molar-refractivity contribution is 5.65. The van der Waals surface area contributed by atoms with E-state index in [1.165, 1.54) is 6.92 Å². The molecule has 0 aromatic carbocycles. The molecule has 0 amide bonds. The minimum absolute atomic E-state index is 0.187. The maximum Gasteiger partial charge on any atom is 0.302 e. The zero-order valence-corrected chi connectivity index (χ0v) is 11.7. The molecule has 0 rings (SSSR count). The van der Waals surface area contributed by atoms with Crippen LogP contribution in [0.2, 0.25) is 0 Å². The van der Waals surface area contributed by atoms with Gasteiger partial charge in [0.25, 0.3) is 0 Å². The number of allylic oxidation sites excluding steroid dienone is 6. The monoisotopic (exact) mass is 250 g/mol. The fourth-order valence-electron chi connectivity index (χ4n) is 1.41. The van der Waals surface area contributed by atoms with Gasteiger partial charge in [-0.1, -0.05) is 43.4 Å². The van der Waals surface area contributed by atoms with Gasteiger partial charge in [0.15, 0.2) is 0 Å². The summed E-state index contributed by atoms with van der Waals surface area (Å²) in [5.41, 5.74) is 0. The summed E-state index contributed by atoms with van der Waals surface area (Å²) in [6.07, 6.45) is 19.4. The van der Waals surface area contributed by atoms with Crippen LogP contribution in [0.15, 0.2) is 36.5 Å². The van der Waals surface area contributed by atoms with E-state index in [1.54, 1.807) is 0 Å². The predicted octanol–water partition coefficient (Wildman–Crippen LogP) is 4.58. The molecule has 0 fully saturated rings. The van der Waals surface area contributed by atoms with Crippen molar-refractivity contribution in [1.29, 1.82) is 0 Å². The average Bonchev–Trinajstić information content (AvgIpc) is 2.34. The largest absolute Gasteiger partial charge is 0.466 e. The van der Waals surface area contributed by atoms with Crippen molar-refractivity contribution in [2.75, 3.05) is 6.61 Å². The van der Waals surface area contributed by atoms with Gasteiger partial charge in [-0.3, -0.25) is 4.79 Å². The number of unbranched alkanes of at least 4 members (excludes halogenated alkanes) is 2. The first kappa shape index (κ1) is 16.7. The zero-order valence-electron chi connectivity index (χ0n) is 11.7. The van der Waals surface area contributed by atoms with Gasteiger partial charge < -0.3 is 4.74 Å². The van der Waals surface area contributed by atoms with E-state index in [9.17, 15) is 4.79 Å². The molecule has 2 heteroatoms. The van der Waals surface area contributed by atoms with E-state index < -0.39 is 0 Å². The van der Waals surface area contributed by atoms with Gasteiger partial charge in [-0.25, -0.2) is 0 Å². The van der Waals surface area contributed by atoms with Gasteiger partial charge in [0.05, 0.1) is 6.61 Å². The van der Waals surface area contributed by atoms with Crippen molar-refractivity contribution in [3.63, 3.8) is 0 Å². The van der Waals surface area contributed by atoms with Crippen LogP contribution in [0.25, 0.3) is 0 Å². The molecule has 0 aliphatic rings. The minimum Gasteiger partial charge on any atom is -0.466 e. The summed E-state index contributed by atoms with van der Waals surface area (Å²) in [6.45, 7) is 4.14. The first-order valence-electron chi connectivity index (χ1n) is 6.85.